The third kappa shape index (κ3) is 5.19. The fourth-order valence-corrected chi connectivity index (χ4v) is 4.59. The second-order valence-electron chi connectivity index (χ2n) is 9.55. The van der Waals surface area contributed by atoms with Crippen LogP contribution < -0.4 is 5.32 Å². The fourth-order valence-electron chi connectivity index (χ4n) is 4.59. The normalized spacial score (nSPS) is 19.5. The number of aliphatic imine (C=N–C) groups is 1. The average molecular weight is 572 g/mol. The molecule has 1 N–H and O–H groups in total. The molecule has 16 heteroatoms. The summed E-state index contributed by atoms with van der Waals surface area (Å²) in [7, 11) is 1.49. The number of aromatic nitrogens is 4. The summed E-state index contributed by atoms with van der Waals surface area (Å²) >= 11 is 0. The number of aryl methyl sites for hydroxylation is 2. The van der Waals surface area contributed by atoms with Crippen LogP contribution in [0, 0.1) is 13.8 Å². The van der Waals surface area contributed by atoms with Gasteiger partial charge < -0.3 is 19.6 Å². The van der Waals surface area contributed by atoms with Gasteiger partial charge in [-0.05, 0) is 39.0 Å². The highest BCUT2D eigenvalue weighted by atomic mass is 19.4. The first-order valence-corrected chi connectivity index (χ1v) is 12.4. The molecule has 5 rings (SSSR count). The van der Waals surface area contributed by atoms with Crippen LogP contribution in [0.2, 0.25) is 0 Å². The molecule has 0 radical (unpaired) electrons. The second-order valence-corrected chi connectivity index (χ2v) is 9.55. The predicted octanol–water partition coefficient (Wildman–Crippen LogP) is 2.62. The lowest BCUT2D eigenvalue weighted by Gasteiger charge is -2.41. The number of imide groups is 1. The van der Waals surface area contributed by atoms with Gasteiger partial charge in [0.2, 0.25) is 11.8 Å². The number of halogens is 3. The molecule has 3 aromatic heterocycles. The standard InChI is InChI=1S/C25H24F3N9O4/c1-12-16(25(26,27)28)8-15(9-29-12)17-6-5-7-18(32-17)33-22(38)13(2)37-11-30-21-20(37)23(39)36(24(40)35(21)4)10-19-31-14(3)34-41-19/h5-9,11,13,20-21H,10H2,1-4H3,(H,32,33,38)/t13-,20?,21?/m0/s1. The lowest BCUT2D eigenvalue weighted by molar-refractivity contribution is -0.140. The number of hydrogen-bond acceptors (Lipinski definition) is 10. The van der Waals surface area contributed by atoms with Crippen molar-refractivity contribution in [1.82, 2.24) is 34.8 Å². The SMILES string of the molecule is Cc1noc(CN2C(=O)C3C(N=CN3[C@@H](C)C(=O)Nc3cccc(-c4cnc(C)c(C(F)(F)F)c4)n3)N(C)C2=O)n1. The van der Waals surface area contributed by atoms with Gasteiger partial charge in [0.1, 0.15) is 18.4 Å². The molecule has 2 aliphatic rings. The van der Waals surface area contributed by atoms with E-state index in [0.29, 0.717) is 5.82 Å². The monoisotopic (exact) mass is 571 g/mol. The van der Waals surface area contributed by atoms with Crippen LogP contribution in [0.25, 0.3) is 11.3 Å². The number of nitrogens with one attached hydrogen (secondary N) is 1. The minimum Gasteiger partial charge on any atom is -0.337 e. The van der Waals surface area contributed by atoms with E-state index < -0.39 is 47.8 Å². The summed E-state index contributed by atoms with van der Waals surface area (Å²) in [5, 5.41) is 6.31. The van der Waals surface area contributed by atoms with E-state index in [1.807, 2.05) is 0 Å². The van der Waals surface area contributed by atoms with Crippen LogP contribution in [0.5, 0.6) is 0 Å². The summed E-state index contributed by atoms with van der Waals surface area (Å²) in [6.07, 6.45) is -2.83. The minimum absolute atomic E-state index is 0.0735. The summed E-state index contributed by atoms with van der Waals surface area (Å²) in [4.78, 5) is 59.6. The van der Waals surface area contributed by atoms with Gasteiger partial charge in [0.15, 0.2) is 18.0 Å². The topological polar surface area (TPSA) is 150 Å². The van der Waals surface area contributed by atoms with Crippen LogP contribution in [0.1, 0.15) is 29.9 Å². The largest absolute Gasteiger partial charge is 0.418 e. The van der Waals surface area contributed by atoms with Gasteiger partial charge in [-0.15, -0.1) is 0 Å². The third-order valence-corrected chi connectivity index (χ3v) is 6.78. The Morgan fingerprint density at radius 1 is 1.20 bits per heavy atom. The summed E-state index contributed by atoms with van der Waals surface area (Å²) < 4.78 is 45.2. The maximum Gasteiger partial charge on any atom is 0.418 e. The van der Waals surface area contributed by atoms with E-state index in [0.717, 1.165) is 11.0 Å². The van der Waals surface area contributed by atoms with Crippen molar-refractivity contribution in [2.75, 3.05) is 12.4 Å². The van der Waals surface area contributed by atoms with E-state index in [-0.39, 0.29) is 35.2 Å². The number of anilines is 1. The van der Waals surface area contributed by atoms with Gasteiger partial charge in [-0.1, -0.05) is 11.2 Å². The van der Waals surface area contributed by atoms with Crippen LogP contribution in [-0.4, -0.2) is 84.3 Å². The molecular formula is C25H24F3N9O4. The van der Waals surface area contributed by atoms with E-state index in [9.17, 15) is 27.6 Å². The lowest BCUT2D eigenvalue weighted by atomic mass is 10.1. The highest BCUT2D eigenvalue weighted by molar-refractivity contribution is 6.03. The van der Waals surface area contributed by atoms with Crippen molar-refractivity contribution >= 4 is 30.0 Å². The van der Waals surface area contributed by atoms with Gasteiger partial charge in [0, 0.05) is 24.5 Å². The maximum absolute atomic E-state index is 13.4. The molecule has 4 amide bonds. The van der Waals surface area contributed by atoms with Crippen LogP contribution in [0.4, 0.5) is 23.8 Å². The quantitative estimate of drug-likeness (QED) is 0.471. The zero-order chi connectivity index (χ0) is 29.6. The fraction of sp³-hybridized carbons (Fsp3) is 0.360. The van der Waals surface area contributed by atoms with E-state index >= 15 is 0 Å². The zero-order valence-electron chi connectivity index (χ0n) is 22.2. The summed E-state index contributed by atoms with van der Waals surface area (Å²) in [6.45, 7) is 4.16. The average Bonchev–Trinajstić information content (AvgIpc) is 3.55. The maximum atomic E-state index is 13.4. The first kappa shape index (κ1) is 27.7. The summed E-state index contributed by atoms with van der Waals surface area (Å²) in [5.74, 6) is -0.664. The van der Waals surface area contributed by atoms with Gasteiger partial charge >= 0.3 is 12.2 Å². The Morgan fingerprint density at radius 2 is 1.95 bits per heavy atom. The molecule has 1 saturated heterocycles. The van der Waals surface area contributed by atoms with Crippen molar-refractivity contribution < 1.29 is 32.1 Å². The second kappa shape index (κ2) is 10.3. The molecule has 0 saturated carbocycles. The smallest absolute Gasteiger partial charge is 0.337 e. The number of urea groups is 1. The van der Waals surface area contributed by atoms with Crippen LogP contribution in [-0.2, 0) is 22.3 Å². The molecule has 0 bridgehead atoms. The van der Waals surface area contributed by atoms with Crippen molar-refractivity contribution in [3.63, 3.8) is 0 Å². The Hall–Kier alpha value is -4.89. The highest BCUT2D eigenvalue weighted by Crippen LogP contribution is 2.33. The predicted molar refractivity (Wildman–Crippen MR) is 136 cm³/mol. The Balaban J connectivity index is 1.33. The van der Waals surface area contributed by atoms with Gasteiger partial charge in [-0.2, -0.15) is 18.2 Å². The Morgan fingerprint density at radius 3 is 2.63 bits per heavy atom. The van der Waals surface area contributed by atoms with Gasteiger partial charge in [-0.25, -0.2) is 14.8 Å². The Bertz CT molecular complexity index is 1560. The molecule has 41 heavy (non-hydrogen) atoms. The molecule has 3 atom stereocenters. The first-order chi connectivity index (χ1) is 19.3. The lowest BCUT2D eigenvalue weighted by Crippen LogP contribution is -2.66. The number of rotatable bonds is 6. The molecule has 0 aliphatic carbocycles. The Kier molecular flexibility index (Phi) is 6.92. The highest BCUT2D eigenvalue weighted by Gasteiger charge is 2.51. The van der Waals surface area contributed by atoms with Crippen molar-refractivity contribution in [2.24, 2.45) is 4.99 Å². The molecule has 5 heterocycles. The summed E-state index contributed by atoms with van der Waals surface area (Å²) in [6, 6.07) is 2.91. The van der Waals surface area contributed by atoms with Crippen molar-refractivity contribution in [1.29, 1.82) is 0 Å². The van der Waals surface area contributed by atoms with Crippen LogP contribution in [0.3, 0.4) is 0 Å². The number of amides is 4. The van der Waals surface area contributed by atoms with Gasteiger partial charge in [0.05, 0.1) is 17.6 Å². The third-order valence-electron chi connectivity index (χ3n) is 6.78. The van der Waals surface area contributed by atoms with Gasteiger partial charge in [0.25, 0.3) is 5.91 Å². The molecule has 2 unspecified atom stereocenters. The number of hydrogen-bond donors (Lipinski definition) is 1. The van der Waals surface area contributed by atoms with Crippen LogP contribution in [0.15, 0.2) is 40.0 Å². The molecule has 3 aromatic rings. The van der Waals surface area contributed by atoms with Crippen molar-refractivity contribution in [2.45, 2.75) is 51.7 Å². The molecule has 0 spiro atoms. The number of alkyl halides is 3. The number of pyridine rings is 2. The number of likely N-dealkylation sites (N-methyl/N-ethyl adjacent to an activating group) is 1. The number of carbonyl (C=O) groups excluding carboxylic acids is 3. The molecule has 1 fully saturated rings. The van der Waals surface area contributed by atoms with E-state index in [2.05, 4.69) is 30.4 Å². The summed E-state index contributed by atoms with van der Waals surface area (Å²) in [5.41, 5.74) is -0.753. The van der Waals surface area contributed by atoms with E-state index in [4.69, 9.17) is 4.52 Å². The van der Waals surface area contributed by atoms with Crippen LogP contribution >= 0.6 is 0 Å². The Labute approximate surface area is 231 Å². The number of nitrogens with zero attached hydrogens (tertiary/aromatic N) is 8. The molecule has 214 valence electrons. The molecule has 2 aliphatic heterocycles. The minimum atomic E-state index is -4.58. The number of carbonyl (C=O) groups is 3. The zero-order valence-corrected chi connectivity index (χ0v) is 22.2. The number of fused-ring (bicyclic) bond motifs is 1. The van der Waals surface area contributed by atoms with Crippen molar-refractivity contribution in [3.05, 3.63) is 53.4 Å². The molecule has 13 nitrogen and oxygen atoms in total. The molecular weight excluding hydrogens is 547 g/mol. The first-order valence-electron chi connectivity index (χ1n) is 12.4. The van der Waals surface area contributed by atoms with E-state index in [1.165, 1.54) is 54.5 Å². The van der Waals surface area contributed by atoms with Gasteiger partial charge in [-0.3, -0.25) is 19.5 Å². The van der Waals surface area contributed by atoms with E-state index in [1.54, 1.807) is 13.8 Å². The van der Waals surface area contributed by atoms with Crippen molar-refractivity contribution in [3.8, 4) is 11.3 Å². The molecule has 0 aromatic carbocycles.